The molecule has 17 heavy (non-hydrogen) atoms. The van der Waals surface area contributed by atoms with Crippen LogP contribution in [-0.4, -0.2) is 31.7 Å². The third-order valence-corrected chi connectivity index (χ3v) is 3.50. The molecule has 1 atom stereocenters. The highest BCUT2D eigenvalue weighted by Gasteiger charge is 2.23. The number of hydrogen-bond donors (Lipinski definition) is 2. The number of amides is 1. The van der Waals surface area contributed by atoms with Gasteiger partial charge >= 0.3 is 0 Å². The molecule has 100 valence electrons. The Morgan fingerprint density at radius 1 is 1.41 bits per heavy atom. The van der Waals surface area contributed by atoms with Crippen LogP contribution in [0.1, 0.15) is 45.4 Å². The Kier molecular flexibility index (Phi) is 7.21. The monoisotopic (exact) mass is 242 g/mol. The van der Waals surface area contributed by atoms with Crippen LogP contribution in [0, 0.1) is 5.92 Å². The molecular weight excluding hydrogens is 216 g/mol. The van der Waals surface area contributed by atoms with Crippen LogP contribution in [0.15, 0.2) is 0 Å². The standard InChI is InChI=1S/C13H26N2O2/c1-2-12(11-6-4-3-5-7-11)15-13(16)10-17-9-8-14/h11-12H,2-10,14H2,1H3,(H,15,16). The van der Waals surface area contributed by atoms with Gasteiger partial charge in [-0.1, -0.05) is 26.2 Å². The molecule has 4 nitrogen and oxygen atoms in total. The summed E-state index contributed by atoms with van der Waals surface area (Å²) in [5, 5.41) is 3.09. The van der Waals surface area contributed by atoms with Gasteiger partial charge in [0.25, 0.3) is 0 Å². The van der Waals surface area contributed by atoms with Crippen molar-refractivity contribution in [2.45, 2.75) is 51.5 Å². The molecule has 3 N–H and O–H groups in total. The summed E-state index contributed by atoms with van der Waals surface area (Å²) in [6.07, 6.45) is 7.47. The van der Waals surface area contributed by atoms with Gasteiger partial charge in [-0.3, -0.25) is 4.79 Å². The van der Waals surface area contributed by atoms with Gasteiger partial charge in [-0.05, 0) is 25.2 Å². The fourth-order valence-electron chi connectivity index (χ4n) is 2.59. The van der Waals surface area contributed by atoms with Crippen LogP contribution in [0.4, 0.5) is 0 Å². The van der Waals surface area contributed by atoms with Crippen molar-refractivity contribution >= 4 is 5.91 Å². The van der Waals surface area contributed by atoms with E-state index in [9.17, 15) is 4.79 Å². The lowest BCUT2D eigenvalue weighted by molar-refractivity contribution is -0.126. The molecule has 0 aromatic rings. The van der Waals surface area contributed by atoms with Crippen LogP contribution in [0.3, 0.4) is 0 Å². The Morgan fingerprint density at radius 3 is 2.71 bits per heavy atom. The van der Waals surface area contributed by atoms with E-state index in [4.69, 9.17) is 10.5 Å². The minimum absolute atomic E-state index is 0.00382. The molecule has 1 saturated carbocycles. The average molecular weight is 242 g/mol. The summed E-state index contributed by atoms with van der Waals surface area (Å²) in [7, 11) is 0. The van der Waals surface area contributed by atoms with E-state index in [1.54, 1.807) is 0 Å². The van der Waals surface area contributed by atoms with Gasteiger partial charge in [0.2, 0.25) is 5.91 Å². The molecule has 0 aromatic heterocycles. The van der Waals surface area contributed by atoms with Gasteiger partial charge < -0.3 is 15.8 Å². The van der Waals surface area contributed by atoms with Gasteiger partial charge in [0.05, 0.1) is 6.61 Å². The van der Waals surface area contributed by atoms with Crippen molar-refractivity contribution in [2.75, 3.05) is 19.8 Å². The molecule has 1 aliphatic rings. The van der Waals surface area contributed by atoms with Crippen molar-refractivity contribution in [1.82, 2.24) is 5.32 Å². The van der Waals surface area contributed by atoms with Gasteiger partial charge in [-0.15, -0.1) is 0 Å². The Bertz CT molecular complexity index is 215. The molecule has 0 aromatic carbocycles. The van der Waals surface area contributed by atoms with E-state index in [0.29, 0.717) is 25.1 Å². The summed E-state index contributed by atoms with van der Waals surface area (Å²) in [6.45, 7) is 3.20. The highest BCUT2D eigenvalue weighted by Crippen LogP contribution is 2.27. The number of nitrogens with two attached hydrogens (primary N) is 1. The second-order valence-electron chi connectivity index (χ2n) is 4.82. The summed E-state index contributed by atoms with van der Waals surface area (Å²) in [5.41, 5.74) is 5.30. The molecule has 0 aliphatic heterocycles. The number of carbonyl (C=O) groups is 1. The second kappa shape index (κ2) is 8.48. The lowest BCUT2D eigenvalue weighted by Crippen LogP contribution is -2.42. The molecule has 0 bridgehead atoms. The van der Waals surface area contributed by atoms with Crippen molar-refractivity contribution in [1.29, 1.82) is 0 Å². The average Bonchev–Trinajstić information content (AvgIpc) is 2.37. The lowest BCUT2D eigenvalue weighted by Gasteiger charge is -2.30. The van der Waals surface area contributed by atoms with Crippen molar-refractivity contribution < 1.29 is 9.53 Å². The quantitative estimate of drug-likeness (QED) is 0.664. The highest BCUT2D eigenvalue weighted by molar-refractivity contribution is 5.77. The second-order valence-corrected chi connectivity index (χ2v) is 4.82. The SMILES string of the molecule is CCC(NC(=O)COCCN)C1CCCCC1. The largest absolute Gasteiger partial charge is 0.370 e. The Morgan fingerprint density at radius 2 is 2.12 bits per heavy atom. The van der Waals surface area contributed by atoms with Crippen molar-refractivity contribution in [3.8, 4) is 0 Å². The summed E-state index contributed by atoms with van der Waals surface area (Å²) >= 11 is 0. The minimum atomic E-state index is -0.00382. The fraction of sp³-hybridized carbons (Fsp3) is 0.923. The van der Waals surface area contributed by atoms with E-state index in [1.807, 2.05) is 0 Å². The van der Waals surface area contributed by atoms with E-state index in [-0.39, 0.29) is 12.5 Å². The lowest BCUT2D eigenvalue weighted by atomic mass is 9.83. The molecule has 0 radical (unpaired) electrons. The van der Waals surface area contributed by atoms with Gasteiger partial charge in [-0.25, -0.2) is 0 Å². The summed E-state index contributed by atoms with van der Waals surface area (Å²) in [4.78, 5) is 11.7. The summed E-state index contributed by atoms with van der Waals surface area (Å²) in [6, 6.07) is 0.323. The molecule has 4 heteroatoms. The normalized spacial score (nSPS) is 18.9. The van der Waals surface area contributed by atoms with Crippen LogP contribution in [0.2, 0.25) is 0 Å². The minimum Gasteiger partial charge on any atom is -0.370 e. The van der Waals surface area contributed by atoms with E-state index < -0.39 is 0 Å². The van der Waals surface area contributed by atoms with Crippen molar-refractivity contribution in [3.63, 3.8) is 0 Å². The smallest absolute Gasteiger partial charge is 0.246 e. The third kappa shape index (κ3) is 5.50. The zero-order valence-electron chi connectivity index (χ0n) is 10.9. The maximum atomic E-state index is 11.7. The topological polar surface area (TPSA) is 64.3 Å². The summed E-state index contributed by atoms with van der Waals surface area (Å²) in [5.74, 6) is 0.656. The Balaban J connectivity index is 2.27. The van der Waals surface area contributed by atoms with Crippen LogP contribution >= 0.6 is 0 Å². The summed E-state index contributed by atoms with van der Waals surface area (Å²) < 4.78 is 5.14. The predicted molar refractivity (Wildman–Crippen MR) is 68.7 cm³/mol. The first kappa shape index (κ1) is 14.5. The van der Waals surface area contributed by atoms with Gasteiger partial charge in [0.1, 0.15) is 6.61 Å². The van der Waals surface area contributed by atoms with Crippen molar-refractivity contribution in [3.05, 3.63) is 0 Å². The first-order chi connectivity index (χ1) is 8.27. The number of hydrogen-bond acceptors (Lipinski definition) is 3. The molecule has 1 fully saturated rings. The van der Waals surface area contributed by atoms with Crippen LogP contribution in [0.25, 0.3) is 0 Å². The van der Waals surface area contributed by atoms with Crippen molar-refractivity contribution in [2.24, 2.45) is 11.7 Å². The van der Waals surface area contributed by atoms with E-state index in [1.165, 1.54) is 32.1 Å². The zero-order valence-corrected chi connectivity index (χ0v) is 10.9. The Labute approximate surface area is 104 Å². The fourth-order valence-corrected chi connectivity index (χ4v) is 2.59. The Hall–Kier alpha value is -0.610. The van der Waals surface area contributed by atoms with E-state index in [2.05, 4.69) is 12.2 Å². The molecule has 0 heterocycles. The number of ether oxygens (including phenoxy) is 1. The van der Waals surface area contributed by atoms with Crippen LogP contribution < -0.4 is 11.1 Å². The number of carbonyl (C=O) groups excluding carboxylic acids is 1. The molecular formula is C13H26N2O2. The van der Waals surface area contributed by atoms with E-state index in [0.717, 1.165) is 6.42 Å². The third-order valence-electron chi connectivity index (χ3n) is 3.50. The van der Waals surface area contributed by atoms with E-state index >= 15 is 0 Å². The first-order valence-electron chi connectivity index (χ1n) is 6.85. The van der Waals surface area contributed by atoms with Gasteiger partial charge in [0, 0.05) is 12.6 Å². The molecule has 1 aliphatic carbocycles. The zero-order chi connectivity index (χ0) is 12.5. The highest BCUT2D eigenvalue weighted by atomic mass is 16.5. The van der Waals surface area contributed by atoms with Gasteiger partial charge in [0.15, 0.2) is 0 Å². The molecule has 1 rings (SSSR count). The molecule has 1 amide bonds. The first-order valence-corrected chi connectivity index (χ1v) is 6.85. The van der Waals surface area contributed by atoms with Crippen LogP contribution in [-0.2, 0) is 9.53 Å². The van der Waals surface area contributed by atoms with Crippen LogP contribution in [0.5, 0.6) is 0 Å². The molecule has 1 unspecified atom stereocenters. The molecule has 0 spiro atoms. The maximum Gasteiger partial charge on any atom is 0.246 e. The predicted octanol–water partition coefficient (Wildman–Crippen LogP) is 1.44. The number of rotatable bonds is 7. The molecule has 0 saturated heterocycles. The van der Waals surface area contributed by atoms with Gasteiger partial charge in [-0.2, -0.15) is 0 Å². The maximum absolute atomic E-state index is 11.7. The number of nitrogens with one attached hydrogen (secondary N) is 1.